The van der Waals surface area contributed by atoms with Crippen LogP contribution in [-0.4, -0.2) is 71.7 Å². The van der Waals surface area contributed by atoms with E-state index in [2.05, 4.69) is 27.1 Å². The van der Waals surface area contributed by atoms with Crippen molar-refractivity contribution in [2.75, 3.05) is 24.7 Å². The number of morpholine rings is 1. The Labute approximate surface area is 242 Å². The van der Waals surface area contributed by atoms with Gasteiger partial charge in [0.25, 0.3) is 0 Å². The number of alkyl halides is 3. The molecule has 1 N–H and O–H groups in total. The molecular formula is C29H33F3N6O3S. The first-order valence-electron chi connectivity index (χ1n) is 13.7. The van der Waals surface area contributed by atoms with Crippen molar-refractivity contribution in [2.24, 2.45) is 10.4 Å². The number of nitrogens with zero attached hydrogens (tertiary/aromatic N) is 5. The fourth-order valence-electron chi connectivity index (χ4n) is 5.27. The summed E-state index contributed by atoms with van der Waals surface area (Å²) < 4.78 is 72.3. The average molecular weight is 603 g/mol. The van der Waals surface area contributed by atoms with Gasteiger partial charge in [0.1, 0.15) is 16.8 Å². The average Bonchev–Trinajstić information content (AvgIpc) is 2.92. The maximum Gasteiger partial charge on any atom is 0.399 e. The van der Waals surface area contributed by atoms with Gasteiger partial charge in [0, 0.05) is 43.0 Å². The Morgan fingerprint density at radius 1 is 1.17 bits per heavy atom. The van der Waals surface area contributed by atoms with Crippen LogP contribution in [0.1, 0.15) is 45.0 Å². The monoisotopic (exact) mass is 602 g/mol. The van der Waals surface area contributed by atoms with Crippen molar-refractivity contribution >= 4 is 38.1 Å². The Hall–Kier alpha value is -3.42. The molecule has 2 aliphatic rings. The molecule has 0 aliphatic carbocycles. The van der Waals surface area contributed by atoms with E-state index in [9.17, 15) is 21.6 Å². The molecule has 0 amide bonds. The van der Waals surface area contributed by atoms with E-state index < -0.39 is 21.4 Å². The molecule has 9 nitrogen and oxygen atoms in total. The van der Waals surface area contributed by atoms with Gasteiger partial charge in [-0.2, -0.15) is 13.2 Å². The van der Waals surface area contributed by atoms with E-state index >= 15 is 0 Å². The molecule has 0 spiro atoms. The predicted octanol–water partition coefficient (Wildman–Crippen LogP) is 5.45. The molecule has 224 valence electrons. The summed E-state index contributed by atoms with van der Waals surface area (Å²) in [7, 11) is -3.37. The zero-order valence-corrected chi connectivity index (χ0v) is 24.6. The molecule has 0 saturated carbocycles. The van der Waals surface area contributed by atoms with Crippen LogP contribution in [-0.2, 0) is 21.1 Å². The van der Waals surface area contributed by atoms with Crippen molar-refractivity contribution < 1.29 is 26.3 Å². The quantitative estimate of drug-likeness (QED) is 0.381. The summed E-state index contributed by atoms with van der Waals surface area (Å²) in [6.07, 6.45) is 1.50. The molecule has 1 aromatic carbocycles. The Morgan fingerprint density at radius 3 is 2.57 bits per heavy atom. The number of rotatable bonds is 7. The third-order valence-corrected chi connectivity index (χ3v) is 8.74. The van der Waals surface area contributed by atoms with E-state index in [0.717, 1.165) is 19.6 Å². The third-order valence-electron chi connectivity index (χ3n) is 7.61. The fourth-order valence-corrected chi connectivity index (χ4v) is 5.90. The standard InChI is InChI=1S/C29H33F3N6O3S/c1-5-21-16-38(15-18(2)41-21)17-24-36-23-13-19(26-28(3,29(30,31)32)11-6-12-33-26)14-34-25(23)27(37-24)35-20-7-9-22(10-8-20)42(4,39)40/h6-10,12-14,18,21H,5,11,15-17H2,1-4H3,(H,35,36,37)/t18-,21+,28?/m1/s1. The van der Waals surface area contributed by atoms with E-state index in [1.54, 1.807) is 18.2 Å². The first-order valence-corrected chi connectivity index (χ1v) is 15.6. The van der Waals surface area contributed by atoms with Gasteiger partial charge < -0.3 is 10.1 Å². The molecular weight excluding hydrogens is 569 g/mol. The van der Waals surface area contributed by atoms with Gasteiger partial charge in [-0.05, 0) is 57.0 Å². The van der Waals surface area contributed by atoms with Crippen LogP contribution >= 0.6 is 0 Å². The molecule has 2 aliphatic heterocycles. The topological polar surface area (TPSA) is 110 Å². The maximum atomic E-state index is 14.2. The number of allylic oxidation sites excluding steroid dienone is 1. The number of fused-ring (bicyclic) bond motifs is 1. The zero-order chi connectivity index (χ0) is 30.3. The first-order chi connectivity index (χ1) is 19.8. The number of nitrogens with one attached hydrogen (secondary N) is 1. The van der Waals surface area contributed by atoms with E-state index in [-0.39, 0.29) is 34.8 Å². The number of ether oxygens (including phenoxy) is 1. The lowest BCUT2D eigenvalue weighted by Gasteiger charge is -2.36. The molecule has 2 aromatic heterocycles. The lowest BCUT2D eigenvalue weighted by Crippen LogP contribution is -2.46. The van der Waals surface area contributed by atoms with Crippen LogP contribution in [0.4, 0.5) is 24.7 Å². The second kappa shape index (κ2) is 11.3. The zero-order valence-electron chi connectivity index (χ0n) is 23.8. The van der Waals surface area contributed by atoms with Crippen molar-refractivity contribution in [1.29, 1.82) is 0 Å². The smallest absolute Gasteiger partial charge is 0.373 e. The number of hydrogen-bond donors (Lipinski definition) is 1. The summed E-state index contributed by atoms with van der Waals surface area (Å²) in [5, 5.41) is 3.20. The molecule has 13 heteroatoms. The SMILES string of the molecule is CC[C@H]1CN(Cc2nc(Nc3ccc(S(C)(=O)=O)cc3)c3ncc(C4=NC=CCC4(C)C(F)(F)F)cc3n2)C[C@@H](C)O1. The Kier molecular flexibility index (Phi) is 8.12. The van der Waals surface area contributed by atoms with Crippen molar-refractivity contribution in [2.45, 2.75) is 63.4 Å². The minimum atomic E-state index is -4.52. The van der Waals surface area contributed by atoms with Crippen LogP contribution < -0.4 is 5.32 Å². The van der Waals surface area contributed by atoms with Crippen LogP contribution in [0, 0.1) is 5.41 Å². The first kappa shape index (κ1) is 30.1. The number of anilines is 2. The van der Waals surface area contributed by atoms with Crippen LogP contribution in [0.25, 0.3) is 11.0 Å². The van der Waals surface area contributed by atoms with Gasteiger partial charge in [0.05, 0.1) is 34.9 Å². The Bertz CT molecular complexity index is 1640. The predicted molar refractivity (Wildman–Crippen MR) is 155 cm³/mol. The van der Waals surface area contributed by atoms with Gasteiger partial charge in [-0.25, -0.2) is 23.4 Å². The number of sulfone groups is 1. The number of hydrogen-bond acceptors (Lipinski definition) is 9. The lowest BCUT2D eigenvalue weighted by molar-refractivity contribution is -0.191. The summed E-state index contributed by atoms with van der Waals surface area (Å²) in [5.74, 6) is 0.816. The fraction of sp³-hybridized carbons (Fsp3) is 0.448. The summed E-state index contributed by atoms with van der Waals surface area (Å²) >= 11 is 0. The highest BCUT2D eigenvalue weighted by Gasteiger charge is 2.54. The van der Waals surface area contributed by atoms with Crippen molar-refractivity contribution in [3.8, 4) is 0 Å². The van der Waals surface area contributed by atoms with Crippen LogP contribution in [0.2, 0.25) is 0 Å². The highest BCUT2D eigenvalue weighted by Crippen LogP contribution is 2.45. The Morgan fingerprint density at radius 2 is 1.90 bits per heavy atom. The van der Waals surface area contributed by atoms with Gasteiger partial charge in [0.15, 0.2) is 15.7 Å². The van der Waals surface area contributed by atoms with Crippen LogP contribution in [0.5, 0.6) is 0 Å². The number of pyridine rings is 1. The van der Waals surface area contributed by atoms with Gasteiger partial charge in [0.2, 0.25) is 0 Å². The molecule has 4 heterocycles. The van der Waals surface area contributed by atoms with Crippen LogP contribution in [0.15, 0.2) is 58.7 Å². The summed E-state index contributed by atoms with van der Waals surface area (Å²) in [5.41, 5.74) is -0.776. The number of halogens is 3. The van der Waals surface area contributed by atoms with Crippen molar-refractivity contribution in [3.63, 3.8) is 0 Å². The normalized spacial score (nSPS) is 23.6. The van der Waals surface area contributed by atoms with E-state index in [1.807, 2.05) is 6.92 Å². The number of benzene rings is 1. The summed E-state index contributed by atoms with van der Waals surface area (Å²) in [4.78, 5) is 20.5. The highest BCUT2D eigenvalue weighted by atomic mass is 32.2. The maximum absolute atomic E-state index is 14.2. The lowest BCUT2D eigenvalue weighted by atomic mass is 9.77. The second-order valence-electron chi connectivity index (χ2n) is 11.1. The molecule has 1 saturated heterocycles. The largest absolute Gasteiger partial charge is 0.399 e. The second-order valence-corrected chi connectivity index (χ2v) is 13.1. The van der Waals surface area contributed by atoms with E-state index in [1.165, 1.54) is 30.6 Å². The van der Waals surface area contributed by atoms with Gasteiger partial charge in [-0.3, -0.25) is 9.89 Å². The number of aromatic nitrogens is 3. The van der Waals surface area contributed by atoms with E-state index in [4.69, 9.17) is 14.7 Å². The molecule has 5 rings (SSSR count). The van der Waals surface area contributed by atoms with Gasteiger partial charge >= 0.3 is 6.18 Å². The van der Waals surface area contributed by atoms with Crippen molar-refractivity contribution in [3.05, 3.63) is 60.2 Å². The molecule has 0 radical (unpaired) electrons. The summed E-state index contributed by atoms with van der Waals surface area (Å²) in [6.45, 7) is 6.99. The number of aliphatic imine (C=N–C) groups is 1. The minimum absolute atomic E-state index is 0.0285. The summed E-state index contributed by atoms with van der Waals surface area (Å²) in [6, 6.07) is 7.78. The Balaban J connectivity index is 1.57. The van der Waals surface area contributed by atoms with Crippen LogP contribution in [0.3, 0.4) is 0 Å². The molecule has 3 atom stereocenters. The van der Waals surface area contributed by atoms with Crippen molar-refractivity contribution in [1.82, 2.24) is 19.9 Å². The minimum Gasteiger partial charge on any atom is -0.373 e. The molecule has 42 heavy (non-hydrogen) atoms. The highest BCUT2D eigenvalue weighted by molar-refractivity contribution is 7.90. The molecule has 0 bridgehead atoms. The third kappa shape index (κ3) is 6.18. The molecule has 1 unspecified atom stereocenters. The van der Waals surface area contributed by atoms with Gasteiger partial charge in [-0.15, -0.1) is 0 Å². The molecule has 3 aromatic rings. The van der Waals surface area contributed by atoms with Gasteiger partial charge in [-0.1, -0.05) is 13.0 Å². The molecule has 1 fully saturated rings. The van der Waals surface area contributed by atoms with E-state index in [0.29, 0.717) is 48.0 Å².